The summed E-state index contributed by atoms with van der Waals surface area (Å²) < 4.78 is 5.98. The predicted octanol–water partition coefficient (Wildman–Crippen LogP) is 3.51. The fourth-order valence-corrected chi connectivity index (χ4v) is 2.16. The smallest absolute Gasteiger partial charge is 0.328 e. The van der Waals surface area contributed by atoms with Crippen LogP contribution in [0.1, 0.15) is 30.7 Å². The number of hydrogen-bond acceptors (Lipinski definition) is 2. The maximum Gasteiger partial charge on any atom is 0.328 e. The molecule has 0 amide bonds. The summed E-state index contributed by atoms with van der Waals surface area (Å²) in [6.45, 7) is 2.23. The Bertz CT molecular complexity index is 302. The van der Waals surface area contributed by atoms with Crippen molar-refractivity contribution in [3.05, 3.63) is 35.9 Å². The van der Waals surface area contributed by atoms with E-state index in [9.17, 15) is 4.79 Å². The molecule has 1 aromatic carbocycles. The maximum atomic E-state index is 11.0. The average Bonchev–Trinajstić information content (AvgIpc) is 2.39. The summed E-state index contributed by atoms with van der Waals surface area (Å²) in [6, 6.07) is 9.09. The van der Waals surface area contributed by atoms with Crippen molar-refractivity contribution >= 4 is 45.5 Å². The zero-order valence-electron chi connectivity index (χ0n) is 10.8. The van der Waals surface area contributed by atoms with Gasteiger partial charge in [-0.1, -0.05) is 30.3 Å². The molecule has 0 aromatic heterocycles. The van der Waals surface area contributed by atoms with E-state index in [1.807, 2.05) is 18.2 Å². The summed E-state index contributed by atoms with van der Waals surface area (Å²) in [5.41, 5.74) is 0.756. The summed E-state index contributed by atoms with van der Waals surface area (Å²) in [4.78, 5) is 11.0. The molecule has 0 aliphatic carbocycles. The molecule has 0 saturated carbocycles. The Balaban J connectivity index is 0.000000437. The van der Waals surface area contributed by atoms with Crippen molar-refractivity contribution < 1.29 is 9.53 Å². The van der Waals surface area contributed by atoms with E-state index >= 15 is 0 Å². The normalized spacial score (nSPS) is 11.1. The number of benzene rings is 1. The summed E-state index contributed by atoms with van der Waals surface area (Å²) in [5, 5.41) is -0.698. The third kappa shape index (κ3) is 7.82. The maximum absolute atomic E-state index is 11.0. The van der Waals surface area contributed by atoms with Gasteiger partial charge in [0.05, 0.1) is 7.11 Å². The molecule has 1 unspecified atom stereocenters. The molecular formula is C13H18ClNaO2. The standard InChI is InChI=1S/C9H9ClO2.C4H9.Na/c1-12-9(11)8(10)7-5-3-2-4-6-7;1-3-4-2;/h2-6,8H,1H3;1,3-4H2,2H3;. The van der Waals surface area contributed by atoms with E-state index in [2.05, 4.69) is 11.7 Å². The van der Waals surface area contributed by atoms with Crippen LogP contribution in [0.25, 0.3) is 0 Å². The zero-order chi connectivity index (χ0) is 13.1. The first-order valence-electron chi connectivity index (χ1n) is 5.94. The Morgan fingerprint density at radius 1 is 1.41 bits per heavy atom. The Morgan fingerprint density at radius 2 is 2.00 bits per heavy atom. The van der Waals surface area contributed by atoms with Gasteiger partial charge in [-0.3, -0.25) is 4.79 Å². The van der Waals surface area contributed by atoms with Crippen LogP contribution in [0.4, 0.5) is 0 Å². The van der Waals surface area contributed by atoms with Gasteiger partial charge < -0.3 is 4.74 Å². The van der Waals surface area contributed by atoms with E-state index in [-0.39, 0.29) is 0 Å². The largest absolute Gasteiger partial charge is 0.468 e. The molecule has 90 valence electrons. The van der Waals surface area contributed by atoms with Crippen molar-refractivity contribution in [1.82, 2.24) is 0 Å². The Labute approximate surface area is 126 Å². The van der Waals surface area contributed by atoms with E-state index in [0.717, 1.165) is 5.56 Å². The first kappa shape index (κ1) is 17.0. The van der Waals surface area contributed by atoms with Gasteiger partial charge in [0.25, 0.3) is 0 Å². The molecule has 0 aliphatic rings. The minimum atomic E-state index is -0.698. The number of esters is 1. The number of unbranched alkanes of at least 4 members (excludes halogenated alkanes) is 1. The van der Waals surface area contributed by atoms with Crippen LogP contribution >= 0.6 is 11.6 Å². The molecule has 0 aliphatic heterocycles. The van der Waals surface area contributed by atoms with Crippen LogP contribution in [0.3, 0.4) is 0 Å². The molecule has 0 saturated heterocycles. The van der Waals surface area contributed by atoms with Gasteiger partial charge in [-0.15, -0.1) is 11.6 Å². The third-order valence-corrected chi connectivity index (χ3v) is 3.34. The van der Waals surface area contributed by atoms with Gasteiger partial charge in [0.2, 0.25) is 0 Å². The fourth-order valence-electron chi connectivity index (χ4n) is 1.22. The van der Waals surface area contributed by atoms with E-state index in [4.69, 9.17) is 11.6 Å². The minimum absolute atomic E-state index is 0.428. The van der Waals surface area contributed by atoms with Gasteiger partial charge in [-0.25, -0.2) is 0 Å². The second-order valence-corrected chi connectivity index (χ2v) is 5.09. The van der Waals surface area contributed by atoms with E-state index < -0.39 is 11.3 Å². The van der Waals surface area contributed by atoms with Gasteiger partial charge >= 0.3 is 57.3 Å². The van der Waals surface area contributed by atoms with Crippen molar-refractivity contribution in [2.24, 2.45) is 0 Å². The SMILES string of the molecule is CCC[CH2][Na].COC(=O)C(Cl)c1ccccc1. The van der Waals surface area contributed by atoms with Gasteiger partial charge in [-0.05, 0) is 5.56 Å². The van der Waals surface area contributed by atoms with Crippen LogP contribution in [0, 0.1) is 0 Å². The van der Waals surface area contributed by atoms with E-state index in [1.165, 1.54) is 51.6 Å². The first-order valence-corrected chi connectivity index (χ1v) is 7.79. The fraction of sp³-hybridized carbons (Fsp3) is 0.462. The molecule has 1 rings (SSSR count). The number of methoxy groups -OCH3 is 1. The second kappa shape index (κ2) is 11.1. The predicted molar refractivity (Wildman–Crippen MR) is 72.5 cm³/mol. The first-order chi connectivity index (χ1) is 8.17. The number of carbonyl (C=O) groups is 1. The molecule has 0 radical (unpaired) electrons. The Hall–Kier alpha value is -0.0200. The molecule has 0 heterocycles. The molecule has 17 heavy (non-hydrogen) atoms. The van der Waals surface area contributed by atoms with Gasteiger partial charge in [0, 0.05) is 0 Å². The van der Waals surface area contributed by atoms with Gasteiger partial charge in [-0.2, -0.15) is 0 Å². The number of hydrogen-bond donors (Lipinski definition) is 0. The minimum Gasteiger partial charge on any atom is -0.468 e. The number of alkyl halides is 1. The van der Waals surface area contributed by atoms with Crippen molar-refractivity contribution in [1.29, 1.82) is 0 Å². The van der Waals surface area contributed by atoms with Crippen LogP contribution in [-0.4, -0.2) is 41.0 Å². The summed E-state index contributed by atoms with van der Waals surface area (Å²) in [7, 11) is 1.32. The van der Waals surface area contributed by atoms with Crippen molar-refractivity contribution in [3.8, 4) is 0 Å². The van der Waals surface area contributed by atoms with Crippen LogP contribution in [0.2, 0.25) is 3.67 Å². The van der Waals surface area contributed by atoms with Crippen molar-refractivity contribution in [2.45, 2.75) is 28.8 Å². The summed E-state index contributed by atoms with van der Waals surface area (Å²) in [5.74, 6) is -0.428. The van der Waals surface area contributed by atoms with Crippen LogP contribution in [-0.2, 0) is 9.53 Å². The van der Waals surface area contributed by atoms with Crippen LogP contribution < -0.4 is 0 Å². The summed E-state index contributed by atoms with van der Waals surface area (Å²) >= 11 is 7.18. The molecule has 1 atom stereocenters. The van der Waals surface area contributed by atoms with Crippen LogP contribution in [0.5, 0.6) is 0 Å². The molecule has 0 N–H and O–H groups in total. The molecule has 0 bridgehead atoms. The molecular weight excluding hydrogens is 247 g/mol. The topological polar surface area (TPSA) is 26.3 Å². The number of ether oxygens (including phenoxy) is 1. The monoisotopic (exact) mass is 264 g/mol. The van der Waals surface area contributed by atoms with Gasteiger partial charge in [0.15, 0.2) is 5.38 Å². The number of halogens is 1. The molecule has 4 heteroatoms. The summed E-state index contributed by atoms with van der Waals surface area (Å²) in [6.07, 6.45) is 2.83. The van der Waals surface area contributed by atoms with Crippen molar-refractivity contribution in [3.63, 3.8) is 0 Å². The Kier molecular flexibility index (Phi) is 11.1. The number of carbonyl (C=O) groups excluding carboxylic acids is 1. The average molecular weight is 265 g/mol. The molecule has 1 aromatic rings. The van der Waals surface area contributed by atoms with Crippen LogP contribution in [0.15, 0.2) is 30.3 Å². The van der Waals surface area contributed by atoms with E-state index in [1.54, 1.807) is 12.1 Å². The second-order valence-electron chi connectivity index (χ2n) is 3.65. The third-order valence-electron chi connectivity index (χ3n) is 2.21. The molecule has 0 spiro atoms. The Morgan fingerprint density at radius 3 is 2.35 bits per heavy atom. The van der Waals surface area contributed by atoms with Gasteiger partial charge in [0.1, 0.15) is 0 Å². The zero-order valence-corrected chi connectivity index (χ0v) is 13.5. The molecule has 2 nitrogen and oxygen atoms in total. The molecule has 0 fully saturated rings. The quantitative estimate of drug-likeness (QED) is 0.473. The van der Waals surface area contributed by atoms with E-state index in [0.29, 0.717) is 0 Å². The number of rotatable bonds is 4. The van der Waals surface area contributed by atoms with Crippen molar-refractivity contribution in [2.75, 3.05) is 7.11 Å².